The molecule has 112 valence electrons. The Morgan fingerprint density at radius 2 is 1.95 bits per heavy atom. The molecule has 20 heavy (non-hydrogen) atoms. The SMILES string of the molecule is CCN(CC1C(C)CC(C)CC1N)c1ccccc1F. The lowest BCUT2D eigenvalue weighted by molar-refractivity contribution is 0.177. The minimum Gasteiger partial charge on any atom is -0.369 e. The topological polar surface area (TPSA) is 29.3 Å². The van der Waals surface area contributed by atoms with Crippen LogP contribution in [0.4, 0.5) is 10.1 Å². The number of rotatable bonds is 4. The van der Waals surface area contributed by atoms with Gasteiger partial charge in [-0.05, 0) is 49.7 Å². The van der Waals surface area contributed by atoms with E-state index in [1.807, 2.05) is 12.1 Å². The van der Waals surface area contributed by atoms with Crippen LogP contribution in [-0.2, 0) is 0 Å². The fourth-order valence-corrected chi connectivity index (χ4v) is 3.64. The molecular formula is C17H27FN2. The Hall–Kier alpha value is -1.09. The second kappa shape index (κ2) is 6.57. The van der Waals surface area contributed by atoms with Gasteiger partial charge in [0.15, 0.2) is 0 Å². The lowest BCUT2D eigenvalue weighted by Crippen LogP contribution is -2.46. The number of nitrogens with two attached hydrogens (primary N) is 1. The van der Waals surface area contributed by atoms with Crippen LogP contribution in [0.15, 0.2) is 24.3 Å². The van der Waals surface area contributed by atoms with E-state index < -0.39 is 0 Å². The fourth-order valence-electron chi connectivity index (χ4n) is 3.64. The van der Waals surface area contributed by atoms with Crippen molar-refractivity contribution in [1.29, 1.82) is 0 Å². The largest absolute Gasteiger partial charge is 0.369 e. The number of anilines is 1. The molecule has 1 aliphatic rings. The van der Waals surface area contributed by atoms with Crippen LogP contribution in [0.25, 0.3) is 0 Å². The van der Waals surface area contributed by atoms with E-state index >= 15 is 0 Å². The number of hydrogen-bond donors (Lipinski definition) is 1. The van der Waals surface area contributed by atoms with Crippen molar-refractivity contribution < 1.29 is 4.39 Å². The van der Waals surface area contributed by atoms with Crippen LogP contribution in [0.2, 0.25) is 0 Å². The molecule has 4 unspecified atom stereocenters. The van der Waals surface area contributed by atoms with Crippen molar-refractivity contribution in [3.8, 4) is 0 Å². The molecule has 1 aliphatic carbocycles. The van der Waals surface area contributed by atoms with Gasteiger partial charge < -0.3 is 10.6 Å². The molecule has 2 nitrogen and oxygen atoms in total. The zero-order valence-electron chi connectivity index (χ0n) is 12.8. The van der Waals surface area contributed by atoms with E-state index in [0.29, 0.717) is 23.4 Å². The maximum atomic E-state index is 14.0. The summed E-state index contributed by atoms with van der Waals surface area (Å²) in [7, 11) is 0. The molecule has 0 amide bonds. The highest BCUT2D eigenvalue weighted by molar-refractivity contribution is 5.47. The Labute approximate surface area is 122 Å². The molecular weight excluding hydrogens is 251 g/mol. The predicted molar refractivity (Wildman–Crippen MR) is 83.3 cm³/mol. The number of nitrogens with zero attached hydrogens (tertiary/aromatic N) is 1. The van der Waals surface area contributed by atoms with Crippen LogP contribution < -0.4 is 10.6 Å². The standard InChI is InChI=1S/C17H27FN2/c1-4-20(17-8-6-5-7-15(17)18)11-14-13(3)9-12(2)10-16(14)19/h5-8,12-14,16H,4,9-11,19H2,1-3H3. The van der Waals surface area contributed by atoms with Gasteiger partial charge in [0.2, 0.25) is 0 Å². The zero-order chi connectivity index (χ0) is 14.7. The first-order valence-corrected chi connectivity index (χ1v) is 7.78. The van der Waals surface area contributed by atoms with Crippen molar-refractivity contribution in [2.24, 2.45) is 23.5 Å². The van der Waals surface area contributed by atoms with E-state index in [1.54, 1.807) is 6.07 Å². The van der Waals surface area contributed by atoms with E-state index in [2.05, 4.69) is 25.7 Å². The van der Waals surface area contributed by atoms with E-state index in [1.165, 1.54) is 12.5 Å². The van der Waals surface area contributed by atoms with Gasteiger partial charge in [-0.25, -0.2) is 4.39 Å². The summed E-state index contributed by atoms with van der Waals surface area (Å²) in [5, 5.41) is 0. The Balaban J connectivity index is 2.12. The van der Waals surface area contributed by atoms with Gasteiger partial charge >= 0.3 is 0 Å². The quantitative estimate of drug-likeness (QED) is 0.910. The Bertz CT molecular complexity index is 423. The van der Waals surface area contributed by atoms with Crippen molar-refractivity contribution in [2.45, 2.75) is 39.7 Å². The maximum Gasteiger partial charge on any atom is 0.146 e. The summed E-state index contributed by atoms with van der Waals surface area (Å²) in [6.07, 6.45) is 2.32. The number of para-hydroxylation sites is 1. The van der Waals surface area contributed by atoms with E-state index in [4.69, 9.17) is 5.73 Å². The highest BCUT2D eigenvalue weighted by atomic mass is 19.1. The monoisotopic (exact) mass is 278 g/mol. The summed E-state index contributed by atoms with van der Waals surface area (Å²) in [5.74, 6) is 1.62. The summed E-state index contributed by atoms with van der Waals surface area (Å²) in [5.41, 5.74) is 7.06. The van der Waals surface area contributed by atoms with Gasteiger partial charge in [0.1, 0.15) is 5.82 Å². The molecule has 0 heterocycles. The highest BCUT2D eigenvalue weighted by Gasteiger charge is 2.33. The maximum absolute atomic E-state index is 14.0. The third kappa shape index (κ3) is 3.32. The first kappa shape index (κ1) is 15.3. The van der Waals surface area contributed by atoms with Crippen LogP contribution in [-0.4, -0.2) is 19.1 Å². The molecule has 1 aromatic carbocycles. The minimum absolute atomic E-state index is 0.139. The molecule has 0 aliphatic heterocycles. The molecule has 0 radical (unpaired) electrons. The molecule has 1 saturated carbocycles. The Kier molecular flexibility index (Phi) is 5.03. The normalized spacial score (nSPS) is 30.2. The fraction of sp³-hybridized carbons (Fsp3) is 0.647. The first-order valence-electron chi connectivity index (χ1n) is 7.78. The molecule has 3 heteroatoms. The van der Waals surface area contributed by atoms with Gasteiger partial charge in [0.25, 0.3) is 0 Å². The van der Waals surface area contributed by atoms with E-state index in [0.717, 1.165) is 19.5 Å². The van der Waals surface area contributed by atoms with Gasteiger partial charge in [0, 0.05) is 19.1 Å². The number of halogens is 1. The lowest BCUT2D eigenvalue weighted by atomic mass is 9.72. The second-order valence-electron chi connectivity index (χ2n) is 6.37. The van der Waals surface area contributed by atoms with Gasteiger partial charge in [-0.2, -0.15) is 0 Å². The molecule has 0 saturated heterocycles. The highest BCUT2D eigenvalue weighted by Crippen LogP contribution is 2.34. The van der Waals surface area contributed by atoms with Gasteiger partial charge in [-0.1, -0.05) is 26.0 Å². The van der Waals surface area contributed by atoms with Gasteiger partial charge in [-0.3, -0.25) is 0 Å². The summed E-state index contributed by atoms with van der Waals surface area (Å²) in [6.45, 7) is 8.31. The minimum atomic E-state index is -0.139. The molecule has 0 aromatic heterocycles. The smallest absolute Gasteiger partial charge is 0.146 e. The number of hydrogen-bond acceptors (Lipinski definition) is 2. The number of benzene rings is 1. The van der Waals surface area contributed by atoms with Crippen LogP contribution in [0.1, 0.15) is 33.6 Å². The average molecular weight is 278 g/mol. The Morgan fingerprint density at radius 1 is 1.25 bits per heavy atom. The molecule has 1 aromatic rings. The third-order valence-corrected chi connectivity index (χ3v) is 4.74. The molecule has 2 N–H and O–H groups in total. The van der Waals surface area contributed by atoms with Crippen molar-refractivity contribution in [1.82, 2.24) is 0 Å². The van der Waals surface area contributed by atoms with E-state index in [9.17, 15) is 4.39 Å². The van der Waals surface area contributed by atoms with E-state index in [-0.39, 0.29) is 11.9 Å². The van der Waals surface area contributed by atoms with Crippen LogP contribution in [0, 0.1) is 23.6 Å². The first-order chi connectivity index (χ1) is 9.52. The predicted octanol–water partition coefficient (Wildman–Crippen LogP) is 3.66. The van der Waals surface area contributed by atoms with Crippen LogP contribution in [0.5, 0.6) is 0 Å². The summed E-state index contributed by atoms with van der Waals surface area (Å²) in [6, 6.07) is 7.26. The average Bonchev–Trinajstić information content (AvgIpc) is 2.39. The molecule has 4 atom stereocenters. The Morgan fingerprint density at radius 3 is 2.55 bits per heavy atom. The van der Waals surface area contributed by atoms with Crippen molar-refractivity contribution in [3.63, 3.8) is 0 Å². The molecule has 0 bridgehead atoms. The van der Waals surface area contributed by atoms with Crippen molar-refractivity contribution in [2.75, 3.05) is 18.0 Å². The summed E-state index contributed by atoms with van der Waals surface area (Å²) >= 11 is 0. The second-order valence-corrected chi connectivity index (χ2v) is 6.37. The van der Waals surface area contributed by atoms with Crippen LogP contribution >= 0.6 is 0 Å². The molecule has 0 spiro atoms. The summed E-state index contributed by atoms with van der Waals surface area (Å²) < 4.78 is 14.0. The third-order valence-electron chi connectivity index (χ3n) is 4.74. The summed E-state index contributed by atoms with van der Waals surface area (Å²) in [4.78, 5) is 2.13. The molecule has 1 fully saturated rings. The van der Waals surface area contributed by atoms with Gasteiger partial charge in [0.05, 0.1) is 5.69 Å². The molecule has 2 rings (SSSR count). The van der Waals surface area contributed by atoms with Crippen LogP contribution in [0.3, 0.4) is 0 Å². The zero-order valence-corrected chi connectivity index (χ0v) is 12.8. The van der Waals surface area contributed by atoms with Crippen molar-refractivity contribution in [3.05, 3.63) is 30.1 Å². The lowest BCUT2D eigenvalue weighted by Gasteiger charge is -2.40. The van der Waals surface area contributed by atoms with Gasteiger partial charge in [-0.15, -0.1) is 0 Å². The van der Waals surface area contributed by atoms with Crippen molar-refractivity contribution >= 4 is 5.69 Å².